The highest BCUT2D eigenvalue weighted by molar-refractivity contribution is 14.1. The van der Waals surface area contributed by atoms with E-state index in [0.29, 0.717) is 41.3 Å². The zero-order valence-corrected chi connectivity index (χ0v) is 16.9. The SMILES string of the molecule is C=C1C(OCCCO)=CN(C)c2cc(F)cc(Nc3ccc(I)cc3F)c21. The molecule has 0 saturated carbocycles. The Balaban J connectivity index is 2.00. The van der Waals surface area contributed by atoms with Crippen LogP contribution in [0.3, 0.4) is 0 Å². The predicted molar refractivity (Wildman–Crippen MR) is 112 cm³/mol. The molecule has 2 aromatic carbocycles. The molecule has 3 rings (SSSR count). The monoisotopic (exact) mass is 484 g/mol. The van der Waals surface area contributed by atoms with Gasteiger partial charge in [-0.2, -0.15) is 0 Å². The summed E-state index contributed by atoms with van der Waals surface area (Å²) in [5, 5.41) is 11.9. The molecule has 27 heavy (non-hydrogen) atoms. The Labute approximate surface area is 170 Å². The highest BCUT2D eigenvalue weighted by Gasteiger charge is 2.25. The first-order valence-corrected chi connectivity index (χ1v) is 9.42. The molecular weight excluding hydrogens is 465 g/mol. The summed E-state index contributed by atoms with van der Waals surface area (Å²) in [6, 6.07) is 7.49. The second kappa shape index (κ2) is 8.26. The highest BCUT2D eigenvalue weighted by atomic mass is 127. The van der Waals surface area contributed by atoms with E-state index in [-0.39, 0.29) is 12.3 Å². The molecule has 1 aliphatic rings. The minimum Gasteiger partial charge on any atom is -0.491 e. The van der Waals surface area contributed by atoms with Crippen LogP contribution in [0.25, 0.3) is 5.57 Å². The lowest BCUT2D eigenvalue weighted by Crippen LogP contribution is -2.19. The first-order chi connectivity index (χ1) is 12.9. The van der Waals surface area contributed by atoms with Crippen molar-refractivity contribution in [2.24, 2.45) is 0 Å². The van der Waals surface area contributed by atoms with E-state index in [1.807, 2.05) is 22.6 Å². The largest absolute Gasteiger partial charge is 0.491 e. The fourth-order valence-corrected chi connectivity index (χ4v) is 3.29. The second-order valence-corrected chi connectivity index (χ2v) is 7.35. The number of nitrogens with zero attached hydrogens (tertiary/aromatic N) is 1. The Bertz CT molecular complexity index is 915. The van der Waals surface area contributed by atoms with Gasteiger partial charge in [-0.25, -0.2) is 8.78 Å². The molecule has 2 N–H and O–H groups in total. The number of hydrogen-bond acceptors (Lipinski definition) is 4. The Kier molecular flexibility index (Phi) is 6.01. The molecule has 142 valence electrons. The van der Waals surface area contributed by atoms with Crippen LogP contribution in [0, 0.1) is 15.2 Å². The average Bonchev–Trinajstić information content (AvgIpc) is 2.61. The van der Waals surface area contributed by atoms with Gasteiger partial charge in [-0.15, -0.1) is 0 Å². The number of aliphatic hydroxyl groups is 1. The van der Waals surface area contributed by atoms with Crippen molar-refractivity contribution in [1.82, 2.24) is 0 Å². The number of ether oxygens (including phenoxy) is 1. The van der Waals surface area contributed by atoms with E-state index in [1.54, 1.807) is 30.3 Å². The number of nitrogens with one attached hydrogen (secondary N) is 1. The first kappa shape index (κ1) is 19.6. The summed E-state index contributed by atoms with van der Waals surface area (Å²) in [6.07, 6.45) is 2.21. The summed E-state index contributed by atoms with van der Waals surface area (Å²) < 4.78 is 34.9. The molecule has 0 amide bonds. The van der Waals surface area contributed by atoms with Crippen LogP contribution in [0.2, 0.25) is 0 Å². The molecule has 2 aromatic rings. The second-order valence-electron chi connectivity index (χ2n) is 6.11. The van der Waals surface area contributed by atoms with Crippen LogP contribution in [0.1, 0.15) is 12.0 Å². The molecule has 4 nitrogen and oxygen atoms in total. The van der Waals surface area contributed by atoms with Gasteiger partial charge >= 0.3 is 0 Å². The van der Waals surface area contributed by atoms with Crippen LogP contribution in [-0.2, 0) is 4.74 Å². The van der Waals surface area contributed by atoms with Crippen LogP contribution in [0.15, 0.2) is 48.9 Å². The first-order valence-electron chi connectivity index (χ1n) is 8.34. The molecule has 1 heterocycles. The molecule has 0 aliphatic carbocycles. The van der Waals surface area contributed by atoms with Crippen LogP contribution < -0.4 is 10.2 Å². The third-order valence-electron chi connectivity index (χ3n) is 4.13. The van der Waals surface area contributed by atoms with E-state index in [1.165, 1.54) is 18.2 Å². The Morgan fingerprint density at radius 3 is 2.70 bits per heavy atom. The summed E-state index contributed by atoms with van der Waals surface area (Å²) in [6.45, 7) is 4.44. The standard InChI is InChI=1S/C20H19F2IN2O2/c1-12-19(27-7-3-6-26)11-25(2)18-9-13(21)8-17(20(12)18)24-16-5-4-14(23)10-15(16)22/h4-5,8-11,24,26H,1,3,6-7H2,2H3. The van der Waals surface area contributed by atoms with Crippen molar-refractivity contribution in [1.29, 1.82) is 0 Å². The van der Waals surface area contributed by atoms with Crippen molar-refractivity contribution < 1.29 is 18.6 Å². The lowest BCUT2D eigenvalue weighted by molar-refractivity contribution is 0.185. The Morgan fingerprint density at radius 2 is 2.00 bits per heavy atom. The fraction of sp³-hybridized carbons (Fsp3) is 0.200. The zero-order valence-electron chi connectivity index (χ0n) is 14.7. The van der Waals surface area contributed by atoms with Crippen LogP contribution in [0.4, 0.5) is 25.8 Å². The van der Waals surface area contributed by atoms with E-state index in [4.69, 9.17) is 9.84 Å². The molecule has 0 aromatic heterocycles. The molecule has 0 spiro atoms. The quantitative estimate of drug-likeness (QED) is 0.447. The predicted octanol–water partition coefficient (Wildman–Crippen LogP) is 5.02. The van der Waals surface area contributed by atoms with Crippen molar-refractivity contribution >= 4 is 45.2 Å². The van der Waals surface area contributed by atoms with Gasteiger partial charge in [0.15, 0.2) is 0 Å². The number of rotatable bonds is 6. The number of halogens is 3. The molecule has 0 atom stereocenters. The van der Waals surface area contributed by atoms with Gasteiger partial charge in [0.25, 0.3) is 0 Å². The van der Waals surface area contributed by atoms with Gasteiger partial charge in [-0.05, 0) is 52.9 Å². The number of hydrogen-bond donors (Lipinski definition) is 2. The molecule has 1 aliphatic heterocycles. The maximum atomic E-state index is 14.3. The van der Waals surface area contributed by atoms with Crippen molar-refractivity contribution in [2.45, 2.75) is 6.42 Å². The minimum absolute atomic E-state index is 0.0241. The van der Waals surface area contributed by atoms with Gasteiger partial charge in [-0.3, -0.25) is 0 Å². The number of aliphatic hydroxyl groups excluding tert-OH is 1. The lowest BCUT2D eigenvalue weighted by Gasteiger charge is -2.29. The smallest absolute Gasteiger partial charge is 0.147 e. The zero-order chi connectivity index (χ0) is 19.6. The lowest BCUT2D eigenvalue weighted by atomic mass is 9.97. The number of anilines is 3. The van der Waals surface area contributed by atoms with Crippen molar-refractivity contribution in [3.8, 4) is 0 Å². The van der Waals surface area contributed by atoms with Crippen molar-refractivity contribution in [3.05, 3.63) is 69.6 Å². The maximum absolute atomic E-state index is 14.3. The summed E-state index contributed by atoms with van der Waals surface area (Å²) in [5.74, 6) is -0.347. The van der Waals surface area contributed by atoms with E-state index in [2.05, 4.69) is 11.9 Å². The third-order valence-corrected chi connectivity index (χ3v) is 4.80. The van der Waals surface area contributed by atoms with Crippen LogP contribution in [-0.4, -0.2) is 25.4 Å². The third kappa shape index (κ3) is 4.24. The maximum Gasteiger partial charge on any atom is 0.147 e. The summed E-state index contributed by atoms with van der Waals surface area (Å²) >= 11 is 2.03. The van der Waals surface area contributed by atoms with E-state index in [0.717, 1.165) is 3.57 Å². The summed E-state index contributed by atoms with van der Waals surface area (Å²) in [5.41, 5.74) is 2.45. The Hall–Kier alpha value is -2.13. The van der Waals surface area contributed by atoms with Gasteiger partial charge in [0, 0.05) is 41.0 Å². The van der Waals surface area contributed by atoms with Crippen molar-refractivity contribution in [3.63, 3.8) is 0 Å². The summed E-state index contributed by atoms with van der Waals surface area (Å²) in [7, 11) is 1.77. The number of allylic oxidation sites excluding steroid dienone is 1. The van der Waals surface area contributed by atoms with Gasteiger partial charge < -0.3 is 20.1 Å². The number of benzene rings is 2. The molecule has 0 radical (unpaired) electrons. The van der Waals surface area contributed by atoms with Crippen LogP contribution >= 0.6 is 22.6 Å². The molecular formula is C20H19F2IN2O2. The van der Waals surface area contributed by atoms with Gasteiger partial charge in [0.05, 0.1) is 23.7 Å². The minimum atomic E-state index is -0.445. The highest BCUT2D eigenvalue weighted by Crippen LogP contribution is 2.42. The molecule has 0 bridgehead atoms. The van der Waals surface area contributed by atoms with Crippen LogP contribution in [0.5, 0.6) is 0 Å². The average molecular weight is 484 g/mol. The van der Waals surface area contributed by atoms with E-state index < -0.39 is 11.6 Å². The topological polar surface area (TPSA) is 44.7 Å². The Morgan fingerprint density at radius 1 is 1.22 bits per heavy atom. The molecule has 0 unspecified atom stereocenters. The van der Waals surface area contributed by atoms with Gasteiger partial charge in [0.2, 0.25) is 0 Å². The van der Waals surface area contributed by atoms with E-state index in [9.17, 15) is 8.78 Å². The van der Waals surface area contributed by atoms with Gasteiger partial charge in [-0.1, -0.05) is 6.58 Å². The fourth-order valence-electron chi connectivity index (χ4n) is 2.84. The van der Waals surface area contributed by atoms with Crippen molar-refractivity contribution in [2.75, 3.05) is 30.5 Å². The summed E-state index contributed by atoms with van der Waals surface area (Å²) in [4.78, 5) is 1.73. The molecule has 0 fully saturated rings. The molecule has 7 heteroatoms. The molecule has 0 saturated heterocycles. The normalized spacial score (nSPS) is 13.3. The number of fused-ring (bicyclic) bond motifs is 1. The van der Waals surface area contributed by atoms with Gasteiger partial charge in [0.1, 0.15) is 17.4 Å². The van der Waals surface area contributed by atoms with E-state index >= 15 is 0 Å².